The van der Waals surface area contributed by atoms with E-state index in [1.807, 2.05) is 0 Å². The molecule has 11 aromatic rings. The summed E-state index contributed by atoms with van der Waals surface area (Å²) in [4.78, 5) is 2.46. The number of nitrogens with zero attached hydrogens (tertiary/aromatic N) is 2. The summed E-state index contributed by atoms with van der Waals surface area (Å²) in [7, 11) is 0. The summed E-state index contributed by atoms with van der Waals surface area (Å²) in [6, 6.07) is 83.9. The number of benzene rings is 10. The molecule has 0 bridgehead atoms. The Bertz CT molecular complexity index is 3260. The van der Waals surface area contributed by atoms with Gasteiger partial charge in [0.15, 0.2) is 0 Å². The van der Waals surface area contributed by atoms with E-state index in [2.05, 4.69) is 240 Å². The Kier molecular flexibility index (Phi) is 8.19. The third-order valence-corrected chi connectivity index (χ3v) is 11.6. The molecule has 2 nitrogen and oxygen atoms in total. The van der Waals surface area contributed by atoms with Crippen molar-refractivity contribution in [3.05, 3.63) is 231 Å². The smallest absolute Gasteiger partial charge is 0.0561 e. The Labute approximate surface area is 338 Å². The molecule has 2 heteroatoms. The molecule has 11 rings (SSSR count). The Morgan fingerprint density at radius 1 is 0.310 bits per heavy atom. The van der Waals surface area contributed by atoms with Crippen LogP contribution in [0.1, 0.15) is 0 Å². The molecule has 10 aromatic carbocycles. The summed E-state index contributed by atoms with van der Waals surface area (Å²) in [6.45, 7) is 0. The van der Waals surface area contributed by atoms with Crippen molar-refractivity contribution < 1.29 is 0 Å². The van der Waals surface area contributed by atoms with Gasteiger partial charge >= 0.3 is 0 Å². The van der Waals surface area contributed by atoms with Crippen molar-refractivity contribution in [1.82, 2.24) is 4.57 Å². The minimum atomic E-state index is 1.08. The molecular weight excluding hydrogens is 701 g/mol. The molecule has 0 aliphatic rings. The van der Waals surface area contributed by atoms with E-state index in [0.29, 0.717) is 0 Å². The van der Waals surface area contributed by atoms with Gasteiger partial charge in [-0.05, 0) is 104 Å². The van der Waals surface area contributed by atoms with Gasteiger partial charge in [-0.3, -0.25) is 0 Å². The quantitative estimate of drug-likeness (QED) is 0.158. The fourth-order valence-electron chi connectivity index (χ4n) is 8.87. The van der Waals surface area contributed by atoms with E-state index >= 15 is 0 Å². The van der Waals surface area contributed by atoms with Crippen LogP contribution in [0.15, 0.2) is 231 Å². The Morgan fingerprint density at radius 2 is 0.897 bits per heavy atom. The van der Waals surface area contributed by atoms with E-state index in [1.165, 1.54) is 71.2 Å². The molecule has 58 heavy (non-hydrogen) atoms. The second kappa shape index (κ2) is 14.1. The molecule has 0 fully saturated rings. The highest BCUT2D eigenvalue weighted by molar-refractivity contribution is 6.11. The van der Waals surface area contributed by atoms with Crippen molar-refractivity contribution in [1.29, 1.82) is 0 Å². The molecule has 0 radical (unpaired) electrons. The van der Waals surface area contributed by atoms with Gasteiger partial charge in [-0.1, -0.05) is 176 Å². The molecule has 0 amide bonds. The predicted molar refractivity (Wildman–Crippen MR) is 247 cm³/mol. The first-order chi connectivity index (χ1) is 28.8. The highest BCUT2D eigenvalue weighted by atomic mass is 15.1. The summed E-state index contributed by atoms with van der Waals surface area (Å²) in [5.41, 5.74) is 13.9. The molecule has 0 unspecified atom stereocenters. The number of hydrogen-bond donors (Lipinski definition) is 0. The first kappa shape index (κ1) is 33.6. The van der Waals surface area contributed by atoms with E-state index in [0.717, 1.165) is 28.3 Å². The van der Waals surface area contributed by atoms with Crippen molar-refractivity contribution in [2.24, 2.45) is 0 Å². The van der Waals surface area contributed by atoms with Crippen molar-refractivity contribution in [2.45, 2.75) is 0 Å². The molecular formula is C56H38N2. The van der Waals surface area contributed by atoms with Crippen molar-refractivity contribution >= 4 is 60.4 Å². The van der Waals surface area contributed by atoms with Gasteiger partial charge in [0.25, 0.3) is 0 Å². The van der Waals surface area contributed by atoms with Crippen molar-refractivity contribution in [3.63, 3.8) is 0 Å². The highest BCUT2D eigenvalue weighted by Gasteiger charge is 2.23. The number of para-hydroxylation sites is 2. The van der Waals surface area contributed by atoms with E-state index < -0.39 is 0 Å². The van der Waals surface area contributed by atoms with Crippen molar-refractivity contribution in [2.75, 3.05) is 4.90 Å². The van der Waals surface area contributed by atoms with Crippen molar-refractivity contribution in [3.8, 4) is 39.1 Å². The molecule has 1 aromatic heterocycles. The van der Waals surface area contributed by atoms with E-state index in [1.54, 1.807) is 0 Å². The molecule has 0 aliphatic heterocycles. The zero-order valence-corrected chi connectivity index (χ0v) is 31.8. The van der Waals surface area contributed by atoms with Gasteiger partial charge in [0.1, 0.15) is 0 Å². The van der Waals surface area contributed by atoms with Crippen LogP contribution in [0.25, 0.3) is 82.4 Å². The third kappa shape index (κ3) is 5.74. The van der Waals surface area contributed by atoms with Crippen LogP contribution >= 0.6 is 0 Å². The summed E-state index contributed by atoms with van der Waals surface area (Å²) >= 11 is 0. The average Bonchev–Trinajstić information content (AvgIpc) is 3.63. The SMILES string of the molecule is c1ccc(-c2ccc(N(c3ccc4c5ccccc5n(-c5ccccc5)c4c3)c3cccc(-c4cccc5ccccc45)c3-c3ccc4ccccc4c3)cc2)cc1. The Balaban J connectivity index is 1.21. The Hall–Kier alpha value is -7.68. The fourth-order valence-corrected chi connectivity index (χ4v) is 8.87. The normalized spacial score (nSPS) is 11.4. The Morgan fingerprint density at radius 3 is 1.72 bits per heavy atom. The van der Waals surface area contributed by atoms with Gasteiger partial charge in [-0.25, -0.2) is 0 Å². The lowest BCUT2D eigenvalue weighted by atomic mass is 9.89. The minimum Gasteiger partial charge on any atom is -0.310 e. The van der Waals surface area contributed by atoms with Gasteiger partial charge in [0.05, 0.1) is 16.7 Å². The molecule has 1 heterocycles. The molecule has 0 spiro atoms. The number of fused-ring (bicyclic) bond motifs is 5. The molecule has 0 N–H and O–H groups in total. The van der Waals surface area contributed by atoms with Crippen LogP contribution in [0.3, 0.4) is 0 Å². The van der Waals surface area contributed by atoms with Crippen LogP contribution < -0.4 is 4.90 Å². The van der Waals surface area contributed by atoms with Crippen LogP contribution in [0.5, 0.6) is 0 Å². The monoisotopic (exact) mass is 738 g/mol. The van der Waals surface area contributed by atoms with Gasteiger partial charge in [-0.2, -0.15) is 0 Å². The van der Waals surface area contributed by atoms with E-state index in [4.69, 9.17) is 0 Å². The predicted octanol–water partition coefficient (Wildman–Crippen LogP) is 15.6. The van der Waals surface area contributed by atoms with Crippen LogP contribution in [0.4, 0.5) is 17.1 Å². The second-order valence-corrected chi connectivity index (χ2v) is 14.9. The molecule has 0 saturated carbocycles. The lowest BCUT2D eigenvalue weighted by Gasteiger charge is -2.30. The molecule has 0 aliphatic carbocycles. The van der Waals surface area contributed by atoms with Gasteiger partial charge in [0, 0.05) is 33.4 Å². The fraction of sp³-hybridized carbons (Fsp3) is 0. The number of rotatable bonds is 7. The minimum absolute atomic E-state index is 1.08. The average molecular weight is 739 g/mol. The first-order valence-corrected chi connectivity index (χ1v) is 19.9. The summed E-state index contributed by atoms with van der Waals surface area (Å²) in [6.07, 6.45) is 0. The molecule has 0 saturated heterocycles. The first-order valence-electron chi connectivity index (χ1n) is 19.9. The lowest BCUT2D eigenvalue weighted by molar-refractivity contribution is 1.18. The van der Waals surface area contributed by atoms with E-state index in [-0.39, 0.29) is 0 Å². The summed E-state index contributed by atoms with van der Waals surface area (Å²) in [5.74, 6) is 0. The molecule has 0 atom stereocenters. The van der Waals surface area contributed by atoms with Crippen LogP contribution in [-0.2, 0) is 0 Å². The van der Waals surface area contributed by atoms with E-state index in [9.17, 15) is 0 Å². The second-order valence-electron chi connectivity index (χ2n) is 14.9. The number of aromatic nitrogens is 1. The number of anilines is 3. The standard InChI is InChI=1S/C56H38N2/c1-3-15-39(16-4-1)41-31-33-46(34-32-41)57(47-35-36-51-50-24-11-12-27-53(50)58(55(51)38-47)45-21-5-2-6-22-45)54-28-14-26-52(49-25-13-20-42-18-9-10-23-48(42)49)56(54)44-30-29-40-17-7-8-19-43(40)37-44/h1-38H. The summed E-state index contributed by atoms with van der Waals surface area (Å²) < 4.78 is 2.40. The van der Waals surface area contributed by atoms with Gasteiger partial charge in [0.2, 0.25) is 0 Å². The van der Waals surface area contributed by atoms with Gasteiger partial charge < -0.3 is 9.47 Å². The van der Waals surface area contributed by atoms with Crippen LogP contribution in [0, 0.1) is 0 Å². The third-order valence-electron chi connectivity index (χ3n) is 11.6. The van der Waals surface area contributed by atoms with Gasteiger partial charge in [-0.15, -0.1) is 0 Å². The maximum atomic E-state index is 2.46. The zero-order valence-electron chi connectivity index (χ0n) is 31.8. The highest BCUT2D eigenvalue weighted by Crippen LogP contribution is 2.48. The maximum absolute atomic E-state index is 2.46. The summed E-state index contributed by atoms with van der Waals surface area (Å²) in [5, 5.41) is 7.36. The van der Waals surface area contributed by atoms with Crippen LogP contribution in [0.2, 0.25) is 0 Å². The topological polar surface area (TPSA) is 8.17 Å². The zero-order chi connectivity index (χ0) is 38.4. The lowest BCUT2D eigenvalue weighted by Crippen LogP contribution is -2.12. The van der Waals surface area contributed by atoms with Crippen LogP contribution in [-0.4, -0.2) is 4.57 Å². The largest absolute Gasteiger partial charge is 0.310 e. The maximum Gasteiger partial charge on any atom is 0.0561 e. The number of hydrogen-bond acceptors (Lipinski definition) is 1. The molecule has 272 valence electrons.